The third kappa shape index (κ3) is 3.31. The highest BCUT2D eigenvalue weighted by molar-refractivity contribution is 5.95. The van der Waals surface area contributed by atoms with Gasteiger partial charge in [0, 0.05) is 37.7 Å². The fourth-order valence-electron chi connectivity index (χ4n) is 6.09. The molecular weight excluding hydrogens is 420 g/mol. The van der Waals surface area contributed by atoms with Gasteiger partial charge in [0.25, 0.3) is 11.5 Å². The first-order chi connectivity index (χ1) is 16.0. The predicted molar refractivity (Wildman–Crippen MR) is 120 cm³/mol. The van der Waals surface area contributed by atoms with Gasteiger partial charge in [0.15, 0.2) is 0 Å². The number of H-pyrrole nitrogens is 1. The van der Waals surface area contributed by atoms with Crippen LogP contribution in [0.4, 0.5) is 0 Å². The summed E-state index contributed by atoms with van der Waals surface area (Å²) in [6.07, 6.45) is 9.06. The number of nitrogens with zero attached hydrogens (tertiary/aromatic N) is 5. The number of aryl methyl sites for hydroxylation is 1. The lowest BCUT2D eigenvalue weighted by molar-refractivity contribution is -0.132. The van der Waals surface area contributed by atoms with Gasteiger partial charge in [-0.05, 0) is 63.7 Å². The van der Waals surface area contributed by atoms with Crippen LogP contribution in [0.15, 0.2) is 11.0 Å². The Kier molecular flexibility index (Phi) is 4.71. The topological polar surface area (TPSA) is 104 Å². The van der Waals surface area contributed by atoms with Crippen LogP contribution in [0, 0.1) is 18.3 Å². The highest BCUT2D eigenvalue weighted by Gasteiger charge is 2.59. The summed E-state index contributed by atoms with van der Waals surface area (Å²) in [6, 6.07) is 0. The third-order valence-corrected chi connectivity index (χ3v) is 8.32. The lowest BCUT2D eigenvalue weighted by Gasteiger charge is -2.33. The molecule has 0 radical (unpaired) electrons. The van der Waals surface area contributed by atoms with E-state index in [1.54, 1.807) is 10.9 Å². The van der Waals surface area contributed by atoms with Gasteiger partial charge in [-0.1, -0.05) is 0 Å². The van der Waals surface area contributed by atoms with Crippen LogP contribution in [0.25, 0.3) is 5.95 Å². The van der Waals surface area contributed by atoms with Crippen molar-refractivity contribution in [1.82, 2.24) is 29.5 Å². The average molecular weight is 451 g/mol. The van der Waals surface area contributed by atoms with Crippen molar-refractivity contribution in [2.24, 2.45) is 11.3 Å². The molecule has 2 aromatic rings. The Balaban J connectivity index is 1.14. The molecule has 2 aliphatic heterocycles. The van der Waals surface area contributed by atoms with Gasteiger partial charge in [-0.15, -0.1) is 0 Å². The van der Waals surface area contributed by atoms with Crippen molar-refractivity contribution in [2.45, 2.75) is 58.3 Å². The zero-order valence-electron chi connectivity index (χ0n) is 19.1. The summed E-state index contributed by atoms with van der Waals surface area (Å²) < 4.78 is 1.56. The molecule has 0 aromatic carbocycles. The van der Waals surface area contributed by atoms with Gasteiger partial charge in [-0.2, -0.15) is 5.10 Å². The second-order valence-electron chi connectivity index (χ2n) is 10.2. The Labute approximate surface area is 192 Å². The molecule has 2 saturated heterocycles. The van der Waals surface area contributed by atoms with Crippen molar-refractivity contribution in [3.8, 4) is 5.95 Å². The second kappa shape index (κ2) is 7.53. The molecule has 2 aliphatic carbocycles. The Morgan fingerprint density at radius 2 is 1.82 bits per heavy atom. The van der Waals surface area contributed by atoms with Gasteiger partial charge in [0.2, 0.25) is 11.9 Å². The van der Waals surface area contributed by atoms with Crippen LogP contribution < -0.4 is 5.56 Å². The molecule has 33 heavy (non-hydrogen) atoms. The van der Waals surface area contributed by atoms with E-state index >= 15 is 0 Å². The first-order valence-corrected chi connectivity index (χ1v) is 12.2. The minimum Gasteiger partial charge on any atom is -0.342 e. The molecule has 0 bridgehead atoms. The number of carbonyl (C=O) groups is 2. The Hall–Kier alpha value is -2.97. The van der Waals surface area contributed by atoms with E-state index in [9.17, 15) is 14.4 Å². The molecule has 2 aromatic heterocycles. The molecule has 4 heterocycles. The van der Waals surface area contributed by atoms with Crippen LogP contribution in [0.2, 0.25) is 0 Å². The minimum atomic E-state index is -0.112. The number of carbonyl (C=O) groups excluding carboxylic acids is 2. The van der Waals surface area contributed by atoms with Gasteiger partial charge in [-0.3, -0.25) is 19.4 Å². The number of aromatic amines is 1. The van der Waals surface area contributed by atoms with Crippen LogP contribution in [0.3, 0.4) is 0 Å². The van der Waals surface area contributed by atoms with E-state index in [4.69, 9.17) is 0 Å². The van der Waals surface area contributed by atoms with Gasteiger partial charge in [0.1, 0.15) is 0 Å². The van der Waals surface area contributed by atoms with Gasteiger partial charge in [0.05, 0.1) is 23.1 Å². The number of aromatic nitrogens is 4. The molecule has 1 spiro atoms. The highest BCUT2D eigenvalue weighted by atomic mass is 16.2. The van der Waals surface area contributed by atoms with Crippen molar-refractivity contribution in [2.75, 3.05) is 26.2 Å². The zero-order valence-corrected chi connectivity index (χ0v) is 19.1. The standard InChI is InChI=1S/C24H30N6O3/c1-15-17(14-25-30(15)23-26-19-6-4-5-16(19)20(31)27-23)21(32)29-11-7-24(8-12-29)13-18(24)22(33)28-9-2-3-10-28/h14,18H,2-13H2,1H3,(H,26,27,31). The Morgan fingerprint density at radius 1 is 1.06 bits per heavy atom. The van der Waals surface area contributed by atoms with E-state index in [1.807, 2.05) is 16.7 Å². The molecule has 174 valence electrons. The number of amides is 2. The normalized spacial score (nSPS) is 23.2. The summed E-state index contributed by atoms with van der Waals surface area (Å²) in [5.41, 5.74) is 2.80. The monoisotopic (exact) mass is 450 g/mol. The van der Waals surface area contributed by atoms with Crippen LogP contribution in [0.1, 0.15) is 65.8 Å². The fraction of sp³-hybridized carbons (Fsp3) is 0.625. The van der Waals surface area contributed by atoms with E-state index in [0.717, 1.165) is 75.7 Å². The van der Waals surface area contributed by atoms with E-state index < -0.39 is 0 Å². The van der Waals surface area contributed by atoms with Crippen molar-refractivity contribution >= 4 is 11.8 Å². The highest BCUT2D eigenvalue weighted by Crippen LogP contribution is 2.60. The van der Waals surface area contributed by atoms with E-state index in [0.29, 0.717) is 36.2 Å². The number of piperidine rings is 1. The van der Waals surface area contributed by atoms with Gasteiger partial charge < -0.3 is 9.80 Å². The van der Waals surface area contributed by atoms with Crippen LogP contribution in [0.5, 0.6) is 0 Å². The number of nitrogens with one attached hydrogen (secondary N) is 1. The molecule has 2 amide bonds. The average Bonchev–Trinajstić information content (AvgIpc) is 3.30. The summed E-state index contributed by atoms with van der Waals surface area (Å²) in [4.78, 5) is 49.8. The summed E-state index contributed by atoms with van der Waals surface area (Å²) in [7, 11) is 0. The maximum absolute atomic E-state index is 13.3. The third-order valence-electron chi connectivity index (χ3n) is 8.32. The molecule has 1 unspecified atom stereocenters. The van der Waals surface area contributed by atoms with Gasteiger partial charge >= 0.3 is 0 Å². The Bertz CT molecular complexity index is 1180. The van der Waals surface area contributed by atoms with E-state index in [-0.39, 0.29) is 22.8 Å². The molecule has 6 rings (SSSR count). The molecule has 9 nitrogen and oxygen atoms in total. The number of rotatable bonds is 3. The first-order valence-electron chi connectivity index (χ1n) is 12.2. The summed E-state index contributed by atoms with van der Waals surface area (Å²) in [5.74, 6) is 0.816. The molecule has 1 atom stereocenters. The maximum atomic E-state index is 13.3. The number of likely N-dealkylation sites (tertiary alicyclic amines) is 2. The molecule has 1 N–H and O–H groups in total. The molecule has 4 aliphatic rings. The smallest absolute Gasteiger partial charge is 0.257 e. The fourth-order valence-corrected chi connectivity index (χ4v) is 6.09. The minimum absolute atomic E-state index is 0.0415. The lowest BCUT2D eigenvalue weighted by Crippen LogP contribution is -2.41. The van der Waals surface area contributed by atoms with E-state index in [2.05, 4.69) is 15.1 Å². The van der Waals surface area contributed by atoms with Crippen LogP contribution in [-0.4, -0.2) is 67.5 Å². The molecule has 1 saturated carbocycles. The summed E-state index contributed by atoms with van der Waals surface area (Å²) in [6.45, 7) is 4.99. The maximum Gasteiger partial charge on any atom is 0.257 e. The number of hydrogen-bond donors (Lipinski definition) is 1. The van der Waals surface area contributed by atoms with Crippen molar-refractivity contribution in [3.05, 3.63) is 39.1 Å². The van der Waals surface area contributed by atoms with Crippen molar-refractivity contribution < 1.29 is 9.59 Å². The largest absolute Gasteiger partial charge is 0.342 e. The van der Waals surface area contributed by atoms with Crippen molar-refractivity contribution in [1.29, 1.82) is 0 Å². The number of fused-ring (bicyclic) bond motifs is 1. The second-order valence-corrected chi connectivity index (χ2v) is 10.2. The zero-order chi connectivity index (χ0) is 22.7. The molecular formula is C24H30N6O3. The first kappa shape index (κ1) is 20.6. The lowest BCUT2D eigenvalue weighted by atomic mass is 9.90. The van der Waals surface area contributed by atoms with E-state index in [1.165, 1.54) is 0 Å². The summed E-state index contributed by atoms with van der Waals surface area (Å²) >= 11 is 0. The Morgan fingerprint density at radius 3 is 2.58 bits per heavy atom. The quantitative estimate of drug-likeness (QED) is 0.765. The van der Waals surface area contributed by atoms with Crippen LogP contribution >= 0.6 is 0 Å². The predicted octanol–water partition coefficient (Wildman–Crippen LogP) is 1.62. The van der Waals surface area contributed by atoms with Crippen molar-refractivity contribution in [3.63, 3.8) is 0 Å². The molecule has 3 fully saturated rings. The van der Waals surface area contributed by atoms with Crippen LogP contribution in [-0.2, 0) is 17.6 Å². The summed E-state index contributed by atoms with van der Waals surface area (Å²) in [5, 5.41) is 4.38. The molecule has 9 heteroatoms. The SMILES string of the molecule is Cc1c(C(=O)N2CCC3(CC2)CC3C(=O)N2CCCC2)cnn1-c1nc2c(c(=O)[nH]1)CCC2. The van der Waals surface area contributed by atoms with Gasteiger partial charge in [-0.25, -0.2) is 9.67 Å². The number of hydrogen-bond acceptors (Lipinski definition) is 5.